The van der Waals surface area contributed by atoms with E-state index in [0.717, 1.165) is 0 Å². The first kappa shape index (κ1) is 11.7. The summed E-state index contributed by atoms with van der Waals surface area (Å²) < 4.78 is 64.6. The van der Waals surface area contributed by atoms with Gasteiger partial charge >= 0.3 is 6.36 Å². The molecule has 0 saturated heterocycles. The van der Waals surface area contributed by atoms with E-state index < -0.39 is 24.8 Å². The molecule has 0 heterocycles. The molecule has 0 radical (unpaired) electrons. The predicted molar refractivity (Wildman–Crippen MR) is 39.1 cm³/mol. The fourth-order valence-electron chi connectivity index (χ4n) is 1.66. The fourth-order valence-corrected chi connectivity index (χ4v) is 1.66. The molecule has 0 spiro atoms. The summed E-state index contributed by atoms with van der Waals surface area (Å²) in [5, 5.41) is 0. The van der Waals surface area contributed by atoms with Crippen LogP contribution in [0.1, 0.15) is 19.8 Å². The molecule has 1 rings (SSSR count). The highest BCUT2D eigenvalue weighted by atomic mass is 19.4. The molecule has 0 aromatic carbocycles. The number of ether oxygens (including phenoxy) is 1. The van der Waals surface area contributed by atoms with Crippen molar-refractivity contribution in [3.63, 3.8) is 0 Å². The highest BCUT2D eigenvalue weighted by Crippen LogP contribution is 2.34. The topological polar surface area (TPSA) is 9.23 Å². The van der Waals surface area contributed by atoms with Crippen LogP contribution in [0.25, 0.3) is 0 Å². The van der Waals surface area contributed by atoms with Gasteiger partial charge in [-0.2, -0.15) is 0 Å². The maximum Gasteiger partial charge on any atom is 0.522 e. The van der Waals surface area contributed by atoms with Crippen molar-refractivity contribution < 1.29 is 26.7 Å². The predicted octanol–water partition coefficient (Wildman–Crippen LogP) is 3.00. The van der Waals surface area contributed by atoms with E-state index in [2.05, 4.69) is 4.74 Å². The van der Waals surface area contributed by atoms with E-state index >= 15 is 0 Å². The van der Waals surface area contributed by atoms with Crippen molar-refractivity contribution in [3.05, 3.63) is 0 Å². The standard InChI is InChI=1S/C8H11F5O/c1-4-2-5(9)7(6(10)3-4)14-8(11,12)13/h4-7H,2-3H2,1H3. The van der Waals surface area contributed by atoms with Gasteiger partial charge in [0.15, 0.2) is 0 Å². The van der Waals surface area contributed by atoms with Crippen LogP contribution in [0.3, 0.4) is 0 Å². The molecular weight excluding hydrogens is 207 g/mol. The Morgan fingerprint density at radius 3 is 1.86 bits per heavy atom. The Hall–Kier alpha value is -0.390. The Kier molecular flexibility index (Phi) is 3.34. The minimum absolute atomic E-state index is 0.0822. The maximum absolute atomic E-state index is 13.0. The second kappa shape index (κ2) is 4.00. The molecule has 2 atom stereocenters. The zero-order chi connectivity index (χ0) is 10.9. The summed E-state index contributed by atoms with van der Waals surface area (Å²) in [5.74, 6) is -0.243. The van der Waals surface area contributed by atoms with Gasteiger partial charge in [0.05, 0.1) is 0 Å². The minimum atomic E-state index is -4.97. The molecule has 6 heteroatoms. The van der Waals surface area contributed by atoms with Crippen LogP contribution in [-0.4, -0.2) is 24.8 Å². The van der Waals surface area contributed by atoms with E-state index in [1.54, 1.807) is 6.92 Å². The van der Waals surface area contributed by atoms with Crippen LogP contribution in [0.15, 0.2) is 0 Å². The Labute approximate surface area is 78.2 Å². The van der Waals surface area contributed by atoms with E-state index in [1.807, 2.05) is 0 Å². The Morgan fingerprint density at radius 1 is 1.07 bits per heavy atom. The molecule has 0 bridgehead atoms. The Morgan fingerprint density at radius 2 is 1.50 bits per heavy atom. The van der Waals surface area contributed by atoms with Crippen LogP contribution in [0, 0.1) is 5.92 Å². The molecule has 1 aliphatic rings. The lowest BCUT2D eigenvalue weighted by molar-refractivity contribution is -0.358. The van der Waals surface area contributed by atoms with E-state index in [1.165, 1.54) is 0 Å². The van der Waals surface area contributed by atoms with Gasteiger partial charge in [0.25, 0.3) is 0 Å². The van der Waals surface area contributed by atoms with Gasteiger partial charge in [0.2, 0.25) is 0 Å². The molecule has 1 saturated carbocycles. The van der Waals surface area contributed by atoms with Crippen LogP contribution in [0.4, 0.5) is 22.0 Å². The first-order valence-corrected chi connectivity index (χ1v) is 4.32. The molecule has 84 valence electrons. The van der Waals surface area contributed by atoms with Crippen LogP contribution < -0.4 is 0 Å². The smallest absolute Gasteiger partial charge is 0.282 e. The largest absolute Gasteiger partial charge is 0.522 e. The molecular formula is C8H11F5O. The van der Waals surface area contributed by atoms with Crippen molar-refractivity contribution in [2.45, 2.75) is 44.6 Å². The number of halogens is 5. The van der Waals surface area contributed by atoms with Gasteiger partial charge in [-0.1, -0.05) is 6.92 Å². The quantitative estimate of drug-likeness (QED) is 0.615. The van der Waals surface area contributed by atoms with Crippen molar-refractivity contribution in [2.75, 3.05) is 0 Å². The third-order valence-electron chi connectivity index (χ3n) is 2.24. The van der Waals surface area contributed by atoms with Gasteiger partial charge < -0.3 is 0 Å². The first-order chi connectivity index (χ1) is 6.29. The zero-order valence-corrected chi connectivity index (χ0v) is 7.52. The average molecular weight is 218 g/mol. The van der Waals surface area contributed by atoms with Gasteiger partial charge in [-0.05, 0) is 18.8 Å². The van der Waals surface area contributed by atoms with Crippen molar-refractivity contribution in [1.82, 2.24) is 0 Å². The van der Waals surface area contributed by atoms with Crippen LogP contribution in [0.2, 0.25) is 0 Å². The highest BCUT2D eigenvalue weighted by molar-refractivity contribution is 4.86. The SMILES string of the molecule is CC1CC(F)C(OC(F)(F)F)C(F)C1. The molecule has 0 aliphatic heterocycles. The number of alkyl halides is 5. The Bertz CT molecular complexity index is 181. The molecule has 0 N–H and O–H groups in total. The van der Waals surface area contributed by atoms with Gasteiger partial charge in [0, 0.05) is 0 Å². The van der Waals surface area contributed by atoms with Gasteiger partial charge in [-0.3, -0.25) is 4.74 Å². The number of rotatable bonds is 1. The number of hydrogen-bond acceptors (Lipinski definition) is 1. The summed E-state index contributed by atoms with van der Waals surface area (Å²) in [6, 6.07) is 0. The highest BCUT2D eigenvalue weighted by Gasteiger charge is 2.44. The molecule has 1 fully saturated rings. The van der Waals surface area contributed by atoms with Crippen LogP contribution in [0.5, 0.6) is 0 Å². The molecule has 1 nitrogen and oxygen atoms in total. The van der Waals surface area contributed by atoms with E-state index in [-0.39, 0.29) is 18.8 Å². The zero-order valence-electron chi connectivity index (χ0n) is 7.52. The van der Waals surface area contributed by atoms with E-state index in [4.69, 9.17) is 0 Å². The molecule has 2 unspecified atom stereocenters. The number of hydrogen-bond donors (Lipinski definition) is 0. The van der Waals surface area contributed by atoms with E-state index in [0.29, 0.717) is 0 Å². The van der Waals surface area contributed by atoms with Crippen LogP contribution >= 0.6 is 0 Å². The maximum atomic E-state index is 13.0. The van der Waals surface area contributed by atoms with Crippen molar-refractivity contribution in [1.29, 1.82) is 0 Å². The summed E-state index contributed by atoms with van der Waals surface area (Å²) in [4.78, 5) is 0. The lowest BCUT2D eigenvalue weighted by Gasteiger charge is -2.33. The third kappa shape index (κ3) is 3.08. The monoisotopic (exact) mass is 218 g/mol. The Balaban J connectivity index is 2.58. The summed E-state index contributed by atoms with van der Waals surface area (Å²) in [5.41, 5.74) is 0. The lowest BCUT2D eigenvalue weighted by atomic mass is 9.86. The summed E-state index contributed by atoms with van der Waals surface area (Å²) in [6.07, 6.45) is -10.9. The summed E-state index contributed by atoms with van der Waals surface area (Å²) >= 11 is 0. The third-order valence-corrected chi connectivity index (χ3v) is 2.24. The normalized spacial score (nSPS) is 39.9. The van der Waals surface area contributed by atoms with Crippen molar-refractivity contribution in [3.8, 4) is 0 Å². The van der Waals surface area contributed by atoms with Gasteiger partial charge in [0.1, 0.15) is 18.4 Å². The molecule has 0 aromatic heterocycles. The van der Waals surface area contributed by atoms with Gasteiger partial charge in [-0.25, -0.2) is 8.78 Å². The first-order valence-electron chi connectivity index (χ1n) is 4.32. The second-order valence-electron chi connectivity index (χ2n) is 3.64. The van der Waals surface area contributed by atoms with Crippen molar-refractivity contribution >= 4 is 0 Å². The molecule has 0 amide bonds. The van der Waals surface area contributed by atoms with Crippen LogP contribution in [-0.2, 0) is 4.74 Å². The molecule has 0 aromatic rings. The summed E-state index contributed by atoms with van der Waals surface area (Å²) in [6.45, 7) is 1.60. The summed E-state index contributed by atoms with van der Waals surface area (Å²) in [7, 11) is 0. The van der Waals surface area contributed by atoms with Crippen molar-refractivity contribution in [2.24, 2.45) is 5.92 Å². The lowest BCUT2D eigenvalue weighted by Crippen LogP contribution is -2.44. The second-order valence-corrected chi connectivity index (χ2v) is 3.64. The van der Waals surface area contributed by atoms with E-state index in [9.17, 15) is 22.0 Å². The molecule has 14 heavy (non-hydrogen) atoms. The average Bonchev–Trinajstić information content (AvgIpc) is 1.95. The minimum Gasteiger partial charge on any atom is -0.282 e. The van der Waals surface area contributed by atoms with Gasteiger partial charge in [-0.15, -0.1) is 13.2 Å². The molecule has 1 aliphatic carbocycles. The fraction of sp³-hybridized carbons (Fsp3) is 1.00.